The normalized spacial score (nSPS) is 14.1. The first-order valence-corrected chi connectivity index (χ1v) is 6.89. The van der Waals surface area contributed by atoms with Crippen LogP contribution in [-0.4, -0.2) is 13.1 Å². The van der Waals surface area contributed by atoms with Crippen LogP contribution in [0.5, 0.6) is 11.5 Å². The maximum Gasteiger partial charge on any atom is 0.168 e. The van der Waals surface area contributed by atoms with Gasteiger partial charge in [-0.3, -0.25) is 0 Å². The number of para-hydroxylation sites is 2. The lowest BCUT2D eigenvalue weighted by Crippen LogP contribution is -2.18. The van der Waals surface area contributed by atoms with Crippen LogP contribution in [-0.2, 0) is 0 Å². The molecule has 0 saturated carbocycles. The van der Waals surface area contributed by atoms with Gasteiger partial charge in [0, 0.05) is 13.1 Å². The Morgan fingerprint density at radius 1 is 0.950 bits per heavy atom. The van der Waals surface area contributed by atoms with Crippen LogP contribution in [0.3, 0.4) is 0 Å². The van der Waals surface area contributed by atoms with E-state index in [0.717, 1.165) is 24.5 Å². The zero-order chi connectivity index (χ0) is 13.8. The number of rotatable bonds is 3. The number of nitriles is 1. The largest absolute Gasteiger partial charge is 0.454 e. The Kier molecular flexibility index (Phi) is 3.56. The van der Waals surface area contributed by atoms with E-state index in [2.05, 4.69) is 11.0 Å². The van der Waals surface area contributed by atoms with Crippen LogP contribution in [0, 0.1) is 11.3 Å². The zero-order valence-electron chi connectivity index (χ0n) is 11.2. The van der Waals surface area contributed by atoms with E-state index in [1.807, 2.05) is 42.5 Å². The number of hydrogen-bond acceptors (Lipinski definition) is 3. The maximum absolute atomic E-state index is 9.32. The number of benzene rings is 2. The van der Waals surface area contributed by atoms with Crippen LogP contribution in [0.25, 0.3) is 0 Å². The van der Waals surface area contributed by atoms with E-state index >= 15 is 0 Å². The number of anilines is 1. The van der Waals surface area contributed by atoms with Crippen LogP contribution in [0.1, 0.15) is 18.4 Å². The lowest BCUT2D eigenvalue weighted by atomic mass is 10.1. The Morgan fingerprint density at radius 2 is 1.70 bits per heavy atom. The highest BCUT2D eigenvalue weighted by atomic mass is 16.5. The van der Waals surface area contributed by atoms with Crippen molar-refractivity contribution in [2.75, 3.05) is 18.0 Å². The molecule has 0 aromatic heterocycles. The Hall–Kier alpha value is -2.47. The van der Waals surface area contributed by atoms with Gasteiger partial charge in [-0.25, -0.2) is 0 Å². The number of hydrogen-bond donors (Lipinski definition) is 0. The summed E-state index contributed by atoms with van der Waals surface area (Å²) in [4.78, 5) is 2.29. The molecular weight excluding hydrogens is 248 g/mol. The highest BCUT2D eigenvalue weighted by Gasteiger charge is 2.19. The van der Waals surface area contributed by atoms with Crippen molar-refractivity contribution in [1.29, 1.82) is 5.26 Å². The summed E-state index contributed by atoms with van der Waals surface area (Å²) in [5.74, 6) is 1.43. The highest BCUT2D eigenvalue weighted by Crippen LogP contribution is 2.36. The lowest BCUT2D eigenvalue weighted by molar-refractivity contribution is 0.480. The van der Waals surface area contributed by atoms with Crippen molar-refractivity contribution in [2.45, 2.75) is 12.8 Å². The molecule has 1 aliphatic rings. The molecule has 3 rings (SSSR count). The second-order valence-electron chi connectivity index (χ2n) is 4.87. The SMILES string of the molecule is N#Cc1cccc(N2CCCC2)c1Oc1ccccc1. The van der Waals surface area contributed by atoms with Crippen LogP contribution < -0.4 is 9.64 Å². The third-order valence-electron chi connectivity index (χ3n) is 3.52. The zero-order valence-corrected chi connectivity index (χ0v) is 11.2. The molecule has 1 fully saturated rings. The van der Waals surface area contributed by atoms with Crippen molar-refractivity contribution in [3.8, 4) is 17.6 Å². The highest BCUT2D eigenvalue weighted by molar-refractivity contribution is 5.66. The minimum absolute atomic E-state index is 0.582. The molecule has 20 heavy (non-hydrogen) atoms. The second kappa shape index (κ2) is 5.66. The van der Waals surface area contributed by atoms with Gasteiger partial charge in [0.05, 0.1) is 11.3 Å². The molecule has 100 valence electrons. The van der Waals surface area contributed by atoms with Crippen molar-refractivity contribution < 1.29 is 4.74 Å². The summed E-state index contributed by atoms with van der Waals surface area (Å²) in [6, 6.07) is 17.6. The topological polar surface area (TPSA) is 36.3 Å². The fourth-order valence-electron chi connectivity index (χ4n) is 2.53. The summed E-state index contributed by atoms with van der Waals surface area (Å²) in [5.41, 5.74) is 1.60. The predicted octanol–water partition coefficient (Wildman–Crippen LogP) is 3.95. The first-order valence-electron chi connectivity index (χ1n) is 6.89. The molecule has 3 heteroatoms. The Morgan fingerprint density at radius 3 is 2.40 bits per heavy atom. The minimum Gasteiger partial charge on any atom is -0.454 e. The summed E-state index contributed by atoms with van der Waals surface area (Å²) in [7, 11) is 0. The molecule has 1 heterocycles. The van der Waals surface area contributed by atoms with Gasteiger partial charge in [-0.2, -0.15) is 5.26 Å². The van der Waals surface area contributed by atoms with Crippen molar-refractivity contribution in [3.05, 3.63) is 54.1 Å². The van der Waals surface area contributed by atoms with Crippen LogP contribution in [0.2, 0.25) is 0 Å². The van der Waals surface area contributed by atoms with E-state index in [4.69, 9.17) is 4.74 Å². The van der Waals surface area contributed by atoms with Gasteiger partial charge in [0.2, 0.25) is 0 Å². The van der Waals surface area contributed by atoms with Gasteiger partial charge < -0.3 is 9.64 Å². The predicted molar refractivity (Wildman–Crippen MR) is 79.1 cm³/mol. The summed E-state index contributed by atoms with van der Waals surface area (Å²) in [6.07, 6.45) is 2.39. The molecule has 2 aromatic rings. The third-order valence-corrected chi connectivity index (χ3v) is 3.52. The van der Waals surface area contributed by atoms with E-state index < -0.39 is 0 Å². The van der Waals surface area contributed by atoms with E-state index in [-0.39, 0.29) is 0 Å². The molecule has 0 unspecified atom stereocenters. The first kappa shape index (κ1) is 12.6. The van der Waals surface area contributed by atoms with Crippen LogP contribution in [0.15, 0.2) is 48.5 Å². The molecule has 1 saturated heterocycles. The quantitative estimate of drug-likeness (QED) is 0.842. The van der Waals surface area contributed by atoms with Crippen molar-refractivity contribution >= 4 is 5.69 Å². The lowest BCUT2D eigenvalue weighted by Gasteiger charge is -2.21. The van der Waals surface area contributed by atoms with E-state index in [1.165, 1.54) is 12.8 Å². The molecule has 0 aliphatic carbocycles. The van der Waals surface area contributed by atoms with Gasteiger partial charge in [0.15, 0.2) is 5.75 Å². The minimum atomic E-state index is 0.582. The average molecular weight is 264 g/mol. The van der Waals surface area contributed by atoms with Gasteiger partial charge in [-0.15, -0.1) is 0 Å². The first-order chi connectivity index (χ1) is 9.88. The molecule has 0 amide bonds. The van der Waals surface area contributed by atoms with Gasteiger partial charge in [-0.05, 0) is 37.1 Å². The smallest absolute Gasteiger partial charge is 0.168 e. The van der Waals surface area contributed by atoms with Crippen molar-refractivity contribution in [1.82, 2.24) is 0 Å². The fourth-order valence-corrected chi connectivity index (χ4v) is 2.53. The van der Waals surface area contributed by atoms with E-state index in [0.29, 0.717) is 11.3 Å². The summed E-state index contributed by atoms with van der Waals surface area (Å²) in [6.45, 7) is 2.06. The molecule has 0 radical (unpaired) electrons. The average Bonchev–Trinajstić information content (AvgIpc) is 3.02. The van der Waals surface area contributed by atoms with Crippen molar-refractivity contribution in [2.24, 2.45) is 0 Å². The standard InChI is InChI=1S/C17H16N2O/c18-13-14-7-6-10-16(19-11-4-5-12-19)17(14)20-15-8-2-1-3-9-15/h1-3,6-10H,4-5,11-12H2. The van der Waals surface area contributed by atoms with Crippen LogP contribution in [0.4, 0.5) is 5.69 Å². The molecular formula is C17H16N2O. The molecule has 2 aromatic carbocycles. The molecule has 1 aliphatic heterocycles. The molecule has 0 N–H and O–H groups in total. The van der Waals surface area contributed by atoms with Crippen LogP contribution >= 0.6 is 0 Å². The third kappa shape index (κ3) is 2.46. The van der Waals surface area contributed by atoms with Crippen molar-refractivity contribution in [3.63, 3.8) is 0 Å². The van der Waals surface area contributed by atoms with Gasteiger partial charge in [0.25, 0.3) is 0 Å². The molecule has 0 atom stereocenters. The van der Waals surface area contributed by atoms with Gasteiger partial charge in [-0.1, -0.05) is 24.3 Å². The van der Waals surface area contributed by atoms with Gasteiger partial charge >= 0.3 is 0 Å². The summed E-state index contributed by atoms with van der Waals surface area (Å²) >= 11 is 0. The summed E-state index contributed by atoms with van der Waals surface area (Å²) < 4.78 is 5.98. The molecule has 3 nitrogen and oxygen atoms in total. The Balaban J connectivity index is 2.00. The molecule has 0 bridgehead atoms. The van der Waals surface area contributed by atoms with Gasteiger partial charge in [0.1, 0.15) is 11.8 Å². The number of ether oxygens (including phenoxy) is 1. The Bertz CT molecular complexity index is 625. The fraction of sp³-hybridized carbons (Fsp3) is 0.235. The van der Waals surface area contributed by atoms with E-state index in [9.17, 15) is 5.26 Å². The Labute approximate surface area is 119 Å². The molecule has 0 spiro atoms. The monoisotopic (exact) mass is 264 g/mol. The second-order valence-corrected chi connectivity index (χ2v) is 4.87. The maximum atomic E-state index is 9.32. The summed E-state index contributed by atoms with van der Waals surface area (Å²) in [5, 5.41) is 9.32. The number of nitrogens with zero attached hydrogens (tertiary/aromatic N) is 2. The van der Waals surface area contributed by atoms with E-state index in [1.54, 1.807) is 6.07 Å².